The highest BCUT2D eigenvalue weighted by Crippen LogP contribution is 2.27. The molecule has 0 spiro atoms. The monoisotopic (exact) mass is 349 g/mol. The minimum atomic E-state index is -0.370. The van der Waals surface area contributed by atoms with Crippen molar-refractivity contribution in [2.24, 2.45) is 0 Å². The normalized spacial score (nSPS) is 14.4. The number of benzene rings is 2. The number of cyclic esters (lactones) is 1. The number of fused-ring (bicyclic) bond motifs is 1. The van der Waals surface area contributed by atoms with E-state index in [1.165, 1.54) is 9.60 Å². The lowest BCUT2D eigenvalue weighted by Gasteiger charge is -2.13. The third-order valence-corrected chi connectivity index (χ3v) is 5.11. The van der Waals surface area contributed by atoms with Gasteiger partial charge in [0.2, 0.25) is 0 Å². The minimum absolute atomic E-state index is 0.0929. The Kier molecular flexibility index (Phi) is 4.07. The fourth-order valence-corrected chi connectivity index (χ4v) is 3.77. The minimum Gasteiger partial charge on any atom is -0.447 e. The molecule has 25 heavy (non-hydrogen) atoms. The first-order valence-corrected chi connectivity index (χ1v) is 8.83. The predicted octanol–water partition coefficient (Wildman–Crippen LogP) is 4.75. The molecule has 0 saturated carbocycles. The summed E-state index contributed by atoms with van der Waals surface area (Å²) in [6.07, 6.45) is 3.05. The van der Waals surface area contributed by atoms with E-state index in [1.807, 2.05) is 23.6 Å². The van der Waals surface area contributed by atoms with Gasteiger partial charge >= 0.3 is 6.09 Å². The molecule has 1 aliphatic heterocycles. The van der Waals surface area contributed by atoms with Gasteiger partial charge in [-0.15, -0.1) is 11.3 Å². The Morgan fingerprint density at radius 1 is 1.16 bits per heavy atom. The van der Waals surface area contributed by atoms with Crippen LogP contribution in [0.3, 0.4) is 0 Å². The van der Waals surface area contributed by atoms with Crippen LogP contribution < -0.4 is 4.90 Å². The van der Waals surface area contributed by atoms with Crippen molar-refractivity contribution < 1.29 is 14.3 Å². The van der Waals surface area contributed by atoms with Crippen molar-refractivity contribution in [3.05, 3.63) is 71.1 Å². The van der Waals surface area contributed by atoms with Gasteiger partial charge < -0.3 is 4.74 Å². The zero-order valence-electron chi connectivity index (χ0n) is 13.3. The number of ketones is 1. The average Bonchev–Trinajstić information content (AvgIpc) is 3.26. The van der Waals surface area contributed by atoms with Crippen molar-refractivity contribution in [3.8, 4) is 0 Å². The molecule has 1 aromatic heterocycles. The van der Waals surface area contributed by atoms with E-state index < -0.39 is 0 Å². The molecule has 3 aromatic rings. The lowest BCUT2D eigenvalue weighted by molar-refractivity contribution is 0.104. The summed E-state index contributed by atoms with van der Waals surface area (Å²) in [5.74, 6) is -0.0929. The fourth-order valence-electron chi connectivity index (χ4n) is 2.84. The molecular formula is C20H15NO3S. The van der Waals surface area contributed by atoms with Crippen LogP contribution in [0.2, 0.25) is 0 Å². The van der Waals surface area contributed by atoms with E-state index in [4.69, 9.17) is 4.74 Å². The number of nitrogens with zero attached hydrogens (tertiary/aromatic N) is 1. The van der Waals surface area contributed by atoms with Crippen LogP contribution in [-0.2, 0) is 4.74 Å². The third kappa shape index (κ3) is 3.06. The van der Waals surface area contributed by atoms with Crippen molar-refractivity contribution in [3.63, 3.8) is 0 Å². The summed E-state index contributed by atoms with van der Waals surface area (Å²) in [7, 11) is 0. The van der Waals surface area contributed by atoms with Crippen LogP contribution in [0.4, 0.5) is 10.5 Å². The SMILES string of the molecule is O=C(C=Cc1csc2ccccc12)c1cccc(N2CCOC2=O)c1. The fraction of sp³-hybridized carbons (Fsp3) is 0.100. The van der Waals surface area contributed by atoms with Crippen LogP contribution in [0.15, 0.2) is 60.0 Å². The van der Waals surface area contributed by atoms with Crippen LogP contribution in [0.1, 0.15) is 15.9 Å². The largest absolute Gasteiger partial charge is 0.447 e. The zero-order chi connectivity index (χ0) is 17.2. The van der Waals surface area contributed by atoms with Gasteiger partial charge in [-0.25, -0.2) is 4.79 Å². The first-order valence-electron chi connectivity index (χ1n) is 7.95. The molecule has 2 aromatic carbocycles. The number of amides is 1. The number of carbonyl (C=O) groups is 2. The van der Waals surface area contributed by atoms with Crippen molar-refractivity contribution >= 4 is 45.1 Å². The van der Waals surface area contributed by atoms with Crippen molar-refractivity contribution in [2.45, 2.75) is 0 Å². The quantitative estimate of drug-likeness (QED) is 0.504. The van der Waals surface area contributed by atoms with Crippen molar-refractivity contribution in [2.75, 3.05) is 18.1 Å². The van der Waals surface area contributed by atoms with E-state index in [-0.39, 0.29) is 11.9 Å². The van der Waals surface area contributed by atoms with Gasteiger partial charge in [0.05, 0.1) is 6.54 Å². The molecular weight excluding hydrogens is 334 g/mol. The number of anilines is 1. The maximum absolute atomic E-state index is 12.5. The second-order valence-corrected chi connectivity index (χ2v) is 6.61. The van der Waals surface area contributed by atoms with Gasteiger partial charge in [0, 0.05) is 16.0 Å². The summed E-state index contributed by atoms with van der Waals surface area (Å²) in [5.41, 5.74) is 2.27. The number of carbonyl (C=O) groups excluding carboxylic acids is 2. The molecule has 0 unspecified atom stereocenters. The lowest BCUT2D eigenvalue weighted by atomic mass is 10.1. The van der Waals surface area contributed by atoms with Crippen LogP contribution in [0.5, 0.6) is 0 Å². The Bertz CT molecular complexity index is 989. The second kappa shape index (κ2) is 6.53. The summed E-state index contributed by atoms with van der Waals surface area (Å²) in [6, 6.07) is 15.2. The maximum Gasteiger partial charge on any atom is 0.414 e. The molecule has 124 valence electrons. The molecule has 0 N–H and O–H groups in total. The highest BCUT2D eigenvalue weighted by molar-refractivity contribution is 7.17. The molecule has 0 aliphatic carbocycles. The molecule has 1 aliphatic rings. The van der Waals surface area contributed by atoms with Crippen molar-refractivity contribution in [1.82, 2.24) is 0 Å². The van der Waals surface area contributed by atoms with E-state index in [9.17, 15) is 9.59 Å². The van der Waals surface area contributed by atoms with Crippen molar-refractivity contribution in [1.29, 1.82) is 0 Å². The summed E-state index contributed by atoms with van der Waals surface area (Å²) in [6.45, 7) is 0.884. The number of ether oxygens (including phenoxy) is 1. The van der Waals surface area contributed by atoms with Gasteiger partial charge in [0.1, 0.15) is 6.61 Å². The maximum atomic E-state index is 12.5. The topological polar surface area (TPSA) is 46.6 Å². The summed E-state index contributed by atoms with van der Waals surface area (Å²) >= 11 is 1.66. The molecule has 1 saturated heterocycles. The predicted molar refractivity (Wildman–Crippen MR) is 100 cm³/mol. The second-order valence-electron chi connectivity index (χ2n) is 5.70. The Hall–Kier alpha value is -2.92. The van der Waals surface area contributed by atoms with Gasteiger partial charge in [0.25, 0.3) is 0 Å². The summed E-state index contributed by atoms with van der Waals surface area (Å²) in [4.78, 5) is 25.7. The zero-order valence-corrected chi connectivity index (χ0v) is 14.2. The number of allylic oxidation sites excluding steroid dienone is 1. The molecule has 0 bridgehead atoms. The summed E-state index contributed by atoms with van der Waals surface area (Å²) < 4.78 is 6.15. The Labute approximate surface area is 149 Å². The van der Waals surface area contributed by atoms with Gasteiger partial charge in [-0.2, -0.15) is 0 Å². The first kappa shape index (κ1) is 15.6. The Balaban J connectivity index is 1.58. The van der Waals surface area contributed by atoms with Gasteiger partial charge in [-0.1, -0.05) is 30.3 Å². The van der Waals surface area contributed by atoms with Crippen LogP contribution in [0.25, 0.3) is 16.2 Å². The molecule has 0 radical (unpaired) electrons. The van der Waals surface area contributed by atoms with E-state index in [1.54, 1.807) is 41.7 Å². The summed E-state index contributed by atoms with van der Waals surface area (Å²) in [5, 5.41) is 3.19. The Morgan fingerprint density at radius 3 is 2.88 bits per heavy atom. The highest BCUT2D eigenvalue weighted by Gasteiger charge is 2.23. The smallest absolute Gasteiger partial charge is 0.414 e. The first-order chi connectivity index (χ1) is 12.2. The molecule has 1 amide bonds. The lowest BCUT2D eigenvalue weighted by Crippen LogP contribution is -2.23. The molecule has 1 fully saturated rings. The van der Waals surface area contributed by atoms with Crippen LogP contribution in [-0.4, -0.2) is 25.0 Å². The molecule has 4 nitrogen and oxygen atoms in total. The molecule has 4 rings (SSSR count). The molecule has 2 heterocycles. The number of hydrogen-bond acceptors (Lipinski definition) is 4. The van der Waals surface area contributed by atoms with Gasteiger partial charge in [0.15, 0.2) is 5.78 Å². The van der Waals surface area contributed by atoms with E-state index in [0.29, 0.717) is 24.4 Å². The third-order valence-electron chi connectivity index (χ3n) is 4.13. The highest BCUT2D eigenvalue weighted by atomic mass is 32.1. The van der Waals surface area contributed by atoms with Gasteiger partial charge in [-0.05, 0) is 46.7 Å². The van der Waals surface area contributed by atoms with E-state index >= 15 is 0 Å². The van der Waals surface area contributed by atoms with Crippen LogP contribution in [0, 0.1) is 0 Å². The number of thiophene rings is 1. The number of hydrogen-bond donors (Lipinski definition) is 0. The van der Waals surface area contributed by atoms with Gasteiger partial charge in [-0.3, -0.25) is 9.69 Å². The molecule has 0 atom stereocenters. The average molecular weight is 349 g/mol. The van der Waals surface area contributed by atoms with E-state index in [0.717, 1.165) is 10.9 Å². The number of rotatable bonds is 4. The Morgan fingerprint density at radius 2 is 2.04 bits per heavy atom. The van der Waals surface area contributed by atoms with E-state index in [2.05, 4.69) is 12.1 Å². The standard InChI is InChI=1S/C20H15NO3S/c22-18(9-8-15-13-25-19-7-2-1-6-17(15)19)14-4-3-5-16(12-14)21-10-11-24-20(21)23/h1-9,12-13H,10-11H2. The molecule has 5 heteroatoms. The van der Waals surface area contributed by atoms with Crippen LogP contribution >= 0.6 is 11.3 Å².